The summed E-state index contributed by atoms with van der Waals surface area (Å²) in [5.74, 6) is -1.88. The summed E-state index contributed by atoms with van der Waals surface area (Å²) < 4.78 is 0. The average Bonchev–Trinajstić information content (AvgIpc) is 2.67. The number of rotatable bonds is 7. The van der Waals surface area contributed by atoms with Crippen LogP contribution in [0.4, 0.5) is 5.69 Å². The van der Waals surface area contributed by atoms with Crippen molar-refractivity contribution in [3.63, 3.8) is 0 Å². The fourth-order valence-electron chi connectivity index (χ4n) is 2.43. The molecular weight excluding hydrogens is 356 g/mol. The second kappa shape index (κ2) is 10.2. The van der Waals surface area contributed by atoms with Crippen LogP contribution in [-0.2, 0) is 16.1 Å². The molecule has 0 bridgehead atoms. The summed E-state index contributed by atoms with van der Waals surface area (Å²) in [4.78, 5) is 38.4. The maximum Gasteiger partial charge on any atom is 0.313 e. The molecule has 28 heavy (non-hydrogen) atoms. The number of carbonyl (C=O) groups excluding carboxylic acids is 3. The molecule has 148 valence electrons. The SMILES string of the molecule is Cc1ccc(CNC(=O)c2ccccc2NC(=O)C(=O)NCCN(C)C)cc1. The van der Waals surface area contributed by atoms with E-state index in [4.69, 9.17) is 0 Å². The molecule has 0 saturated heterocycles. The number of anilines is 1. The summed E-state index contributed by atoms with van der Waals surface area (Å²) in [5, 5.41) is 7.88. The first-order chi connectivity index (χ1) is 13.4. The maximum atomic E-state index is 12.5. The second-order valence-electron chi connectivity index (χ2n) is 6.73. The first-order valence-corrected chi connectivity index (χ1v) is 9.03. The second-order valence-corrected chi connectivity index (χ2v) is 6.73. The fraction of sp³-hybridized carbons (Fsp3) is 0.286. The van der Waals surface area contributed by atoms with Gasteiger partial charge in [-0.1, -0.05) is 42.0 Å². The number of aryl methyl sites for hydroxylation is 1. The van der Waals surface area contributed by atoms with E-state index in [9.17, 15) is 14.4 Å². The lowest BCUT2D eigenvalue weighted by atomic mass is 10.1. The van der Waals surface area contributed by atoms with Crippen LogP contribution in [0.3, 0.4) is 0 Å². The normalized spacial score (nSPS) is 10.4. The van der Waals surface area contributed by atoms with Crippen LogP contribution in [-0.4, -0.2) is 49.8 Å². The van der Waals surface area contributed by atoms with E-state index in [1.807, 2.05) is 50.2 Å². The van der Waals surface area contributed by atoms with Crippen molar-refractivity contribution in [3.05, 3.63) is 65.2 Å². The summed E-state index contributed by atoms with van der Waals surface area (Å²) >= 11 is 0. The minimum Gasteiger partial charge on any atom is -0.348 e. The van der Waals surface area contributed by atoms with Gasteiger partial charge in [-0.3, -0.25) is 14.4 Å². The third kappa shape index (κ3) is 6.51. The molecule has 0 unspecified atom stereocenters. The highest BCUT2D eigenvalue weighted by Crippen LogP contribution is 2.15. The number of para-hydroxylation sites is 1. The molecule has 2 rings (SSSR count). The van der Waals surface area contributed by atoms with Gasteiger partial charge in [0, 0.05) is 19.6 Å². The Bertz CT molecular complexity index is 832. The van der Waals surface area contributed by atoms with Crippen LogP contribution in [0.25, 0.3) is 0 Å². The van der Waals surface area contributed by atoms with Gasteiger partial charge in [0.25, 0.3) is 5.91 Å². The van der Waals surface area contributed by atoms with E-state index in [0.29, 0.717) is 25.2 Å². The van der Waals surface area contributed by atoms with Crippen LogP contribution in [0, 0.1) is 6.92 Å². The molecule has 7 heteroatoms. The highest BCUT2D eigenvalue weighted by atomic mass is 16.2. The van der Waals surface area contributed by atoms with Crippen molar-refractivity contribution in [1.29, 1.82) is 0 Å². The van der Waals surface area contributed by atoms with Crippen LogP contribution in [0.5, 0.6) is 0 Å². The predicted molar refractivity (Wildman–Crippen MR) is 109 cm³/mol. The molecule has 0 radical (unpaired) electrons. The largest absolute Gasteiger partial charge is 0.348 e. The molecule has 2 aromatic carbocycles. The number of likely N-dealkylation sites (N-methyl/N-ethyl adjacent to an activating group) is 1. The van der Waals surface area contributed by atoms with Crippen molar-refractivity contribution in [3.8, 4) is 0 Å². The van der Waals surface area contributed by atoms with Crippen LogP contribution < -0.4 is 16.0 Å². The molecule has 3 amide bonds. The Morgan fingerprint density at radius 1 is 0.893 bits per heavy atom. The van der Waals surface area contributed by atoms with E-state index < -0.39 is 11.8 Å². The Labute approximate surface area is 165 Å². The number of carbonyl (C=O) groups is 3. The van der Waals surface area contributed by atoms with Gasteiger partial charge in [-0.05, 0) is 38.7 Å². The maximum absolute atomic E-state index is 12.5. The zero-order valence-corrected chi connectivity index (χ0v) is 16.4. The minimum absolute atomic E-state index is 0.289. The van der Waals surface area contributed by atoms with Crippen molar-refractivity contribution in [2.45, 2.75) is 13.5 Å². The summed E-state index contributed by atoms with van der Waals surface area (Å²) in [6.45, 7) is 3.35. The quantitative estimate of drug-likeness (QED) is 0.634. The van der Waals surface area contributed by atoms with Gasteiger partial charge in [-0.25, -0.2) is 0 Å². The lowest BCUT2D eigenvalue weighted by Crippen LogP contribution is -2.39. The molecule has 0 aliphatic carbocycles. The van der Waals surface area contributed by atoms with E-state index in [0.717, 1.165) is 11.1 Å². The molecule has 0 heterocycles. The highest BCUT2D eigenvalue weighted by Gasteiger charge is 2.17. The van der Waals surface area contributed by atoms with E-state index >= 15 is 0 Å². The van der Waals surface area contributed by atoms with Gasteiger partial charge in [0.1, 0.15) is 0 Å². The Hall–Kier alpha value is -3.19. The molecular formula is C21H26N4O3. The van der Waals surface area contributed by atoms with E-state index in [1.165, 1.54) is 0 Å². The van der Waals surface area contributed by atoms with Crippen LogP contribution in [0.2, 0.25) is 0 Å². The predicted octanol–water partition coefficient (Wildman–Crippen LogP) is 1.54. The zero-order valence-electron chi connectivity index (χ0n) is 16.4. The van der Waals surface area contributed by atoms with Crippen LogP contribution in [0.15, 0.2) is 48.5 Å². The number of nitrogens with one attached hydrogen (secondary N) is 3. The van der Waals surface area contributed by atoms with Crippen molar-refractivity contribution in [2.75, 3.05) is 32.5 Å². The molecule has 0 aliphatic rings. The first kappa shape index (κ1) is 21.1. The Balaban J connectivity index is 1.97. The lowest BCUT2D eigenvalue weighted by molar-refractivity contribution is -0.136. The number of hydrogen-bond donors (Lipinski definition) is 3. The van der Waals surface area contributed by atoms with Crippen molar-refractivity contribution in [2.24, 2.45) is 0 Å². The van der Waals surface area contributed by atoms with E-state index in [1.54, 1.807) is 24.3 Å². The number of amides is 3. The minimum atomic E-state index is -0.808. The molecule has 0 fully saturated rings. The number of nitrogens with zero attached hydrogens (tertiary/aromatic N) is 1. The van der Waals surface area contributed by atoms with Gasteiger partial charge < -0.3 is 20.9 Å². The molecule has 0 saturated carbocycles. The van der Waals surface area contributed by atoms with Gasteiger partial charge in [0.05, 0.1) is 11.3 Å². The number of benzene rings is 2. The van der Waals surface area contributed by atoms with Crippen LogP contribution >= 0.6 is 0 Å². The zero-order chi connectivity index (χ0) is 20.5. The van der Waals surface area contributed by atoms with Gasteiger partial charge in [-0.2, -0.15) is 0 Å². The summed E-state index contributed by atoms with van der Waals surface area (Å²) in [6.07, 6.45) is 0. The molecule has 0 aromatic heterocycles. The van der Waals surface area contributed by atoms with Crippen molar-refractivity contribution in [1.82, 2.24) is 15.5 Å². The van der Waals surface area contributed by atoms with E-state index in [2.05, 4.69) is 16.0 Å². The third-order valence-corrected chi connectivity index (χ3v) is 4.04. The molecule has 7 nitrogen and oxygen atoms in total. The molecule has 3 N–H and O–H groups in total. The van der Waals surface area contributed by atoms with Gasteiger partial charge in [-0.15, -0.1) is 0 Å². The number of hydrogen-bond acceptors (Lipinski definition) is 4. The Morgan fingerprint density at radius 2 is 1.57 bits per heavy atom. The smallest absolute Gasteiger partial charge is 0.313 e. The Morgan fingerprint density at radius 3 is 2.25 bits per heavy atom. The van der Waals surface area contributed by atoms with Crippen LogP contribution in [0.1, 0.15) is 21.5 Å². The monoisotopic (exact) mass is 382 g/mol. The molecule has 0 spiro atoms. The van der Waals surface area contributed by atoms with Gasteiger partial charge in [0.15, 0.2) is 0 Å². The van der Waals surface area contributed by atoms with Crippen molar-refractivity contribution < 1.29 is 14.4 Å². The average molecular weight is 382 g/mol. The lowest BCUT2D eigenvalue weighted by Gasteiger charge is -2.13. The summed E-state index contributed by atoms with van der Waals surface area (Å²) in [5.41, 5.74) is 2.70. The Kier molecular flexibility index (Phi) is 7.71. The standard InChI is InChI=1S/C21H26N4O3/c1-15-8-10-16(11-9-15)14-23-19(26)17-6-4-5-7-18(17)24-21(28)20(27)22-12-13-25(2)3/h4-11H,12-14H2,1-3H3,(H,22,27)(H,23,26)(H,24,28). The summed E-state index contributed by atoms with van der Waals surface area (Å²) in [6, 6.07) is 14.4. The van der Waals surface area contributed by atoms with E-state index in [-0.39, 0.29) is 11.6 Å². The van der Waals surface area contributed by atoms with Crippen molar-refractivity contribution >= 4 is 23.4 Å². The molecule has 0 atom stereocenters. The fourth-order valence-corrected chi connectivity index (χ4v) is 2.43. The molecule has 0 aliphatic heterocycles. The van der Waals surface area contributed by atoms with Gasteiger partial charge >= 0.3 is 11.8 Å². The third-order valence-electron chi connectivity index (χ3n) is 4.04. The molecule has 2 aromatic rings. The summed E-state index contributed by atoms with van der Waals surface area (Å²) in [7, 11) is 3.75. The topological polar surface area (TPSA) is 90.5 Å². The first-order valence-electron chi connectivity index (χ1n) is 9.03. The highest BCUT2D eigenvalue weighted by molar-refractivity contribution is 6.40. The van der Waals surface area contributed by atoms with Gasteiger partial charge in [0.2, 0.25) is 0 Å².